The Morgan fingerprint density at radius 3 is 2.89 bits per heavy atom. The number of amidine groups is 1. The average molecular weight is 351 g/mol. The predicted molar refractivity (Wildman–Crippen MR) is 70.9 cm³/mol. The highest BCUT2D eigenvalue weighted by Crippen LogP contribution is 2.29. The van der Waals surface area contributed by atoms with E-state index in [1.54, 1.807) is 17.0 Å². The van der Waals surface area contributed by atoms with Crippen LogP contribution in [0.15, 0.2) is 24.3 Å². The number of halogens is 2. The molecule has 0 spiro atoms. The molecular weight excluding hydrogens is 338 g/mol. The van der Waals surface area contributed by atoms with Gasteiger partial charge in [0.15, 0.2) is 0 Å². The van der Waals surface area contributed by atoms with Crippen LogP contribution in [-0.4, -0.2) is 22.9 Å². The quantitative estimate of drug-likeness (QED) is 0.449. The van der Waals surface area contributed by atoms with E-state index in [0.29, 0.717) is 11.6 Å². The lowest BCUT2D eigenvalue weighted by molar-refractivity contribution is -0.117. The summed E-state index contributed by atoms with van der Waals surface area (Å²) in [6.07, 6.45) is 0.744. The van der Waals surface area contributed by atoms with Crippen molar-refractivity contribution in [1.82, 2.24) is 0 Å². The smallest absolute Gasteiger partial charge is 0.300 e. The van der Waals surface area contributed by atoms with Crippen LogP contribution < -0.4 is 33.0 Å². The van der Waals surface area contributed by atoms with E-state index >= 15 is 0 Å². The minimum atomic E-state index is -0.181. The van der Waals surface area contributed by atoms with Crippen molar-refractivity contribution in [2.24, 2.45) is 5.73 Å². The number of amides is 1. The molecule has 1 aromatic rings. The molecule has 1 aromatic carbocycles. The van der Waals surface area contributed by atoms with Gasteiger partial charge in [0, 0.05) is 17.3 Å². The van der Waals surface area contributed by atoms with E-state index in [4.69, 9.17) is 22.7 Å². The van der Waals surface area contributed by atoms with Gasteiger partial charge < -0.3 is 21.9 Å². The Morgan fingerprint density at radius 1 is 1.56 bits per heavy atom. The van der Waals surface area contributed by atoms with Gasteiger partial charge in [-0.25, -0.2) is 0 Å². The molecule has 0 aromatic heterocycles. The highest BCUT2D eigenvalue weighted by molar-refractivity contribution is 8.14. The van der Waals surface area contributed by atoms with Gasteiger partial charge >= 0.3 is 5.17 Å². The molecule has 98 valence electrons. The van der Waals surface area contributed by atoms with Crippen molar-refractivity contribution in [2.75, 3.05) is 11.4 Å². The Balaban J connectivity index is 0.00000162. The van der Waals surface area contributed by atoms with Gasteiger partial charge in [-0.2, -0.15) is 0 Å². The topological polar surface area (TPSA) is 71.9 Å². The third-order valence-corrected chi connectivity index (χ3v) is 3.78. The summed E-state index contributed by atoms with van der Waals surface area (Å²) in [6, 6.07) is 7.26. The summed E-state index contributed by atoms with van der Waals surface area (Å²) >= 11 is 7.13. The Kier molecular flexibility index (Phi) is 5.49. The first-order valence-corrected chi connectivity index (χ1v) is 6.45. The molecule has 0 radical (unpaired) electrons. The van der Waals surface area contributed by atoms with E-state index in [1.807, 2.05) is 12.1 Å². The highest BCUT2D eigenvalue weighted by Gasteiger charge is 2.34. The van der Waals surface area contributed by atoms with Gasteiger partial charge in [0.2, 0.25) is 5.91 Å². The van der Waals surface area contributed by atoms with E-state index in [-0.39, 0.29) is 33.3 Å². The summed E-state index contributed by atoms with van der Waals surface area (Å²) in [5.41, 5.74) is 6.23. The third-order valence-electron chi connectivity index (χ3n) is 2.55. The Bertz CT molecular complexity index is 471. The summed E-state index contributed by atoms with van der Waals surface area (Å²) < 4.78 is 0. The fraction of sp³-hybridized carbons (Fsp3) is 0.273. The Labute approximate surface area is 125 Å². The summed E-state index contributed by atoms with van der Waals surface area (Å²) in [4.78, 5) is 13.8. The van der Waals surface area contributed by atoms with Crippen LogP contribution in [0.25, 0.3) is 0 Å². The Hall–Kier alpha value is -0.720. The van der Waals surface area contributed by atoms with Crippen molar-refractivity contribution in [3.8, 4) is 0 Å². The number of rotatable bonds is 2. The number of benzene rings is 1. The Morgan fingerprint density at radius 2 is 2.28 bits per heavy atom. The van der Waals surface area contributed by atoms with Crippen molar-refractivity contribution in [3.05, 3.63) is 29.3 Å². The van der Waals surface area contributed by atoms with Crippen LogP contribution in [0.4, 0.5) is 5.69 Å². The fourth-order valence-corrected chi connectivity index (χ4v) is 2.79. The van der Waals surface area contributed by atoms with E-state index < -0.39 is 0 Å². The maximum absolute atomic E-state index is 12.1. The zero-order valence-electron chi connectivity index (χ0n) is 9.48. The fourth-order valence-electron chi connectivity index (χ4n) is 1.83. The summed E-state index contributed by atoms with van der Waals surface area (Å²) in [6.45, 7) is 0.671. The van der Waals surface area contributed by atoms with Gasteiger partial charge in [0.25, 0.3) is 0 Å². The molecule has 1 aliphatic rings. The van der Waals surface area contributed by atoms with Crippen LogP contribution in [-0.2, 0) is 4.79 Å². The van der Waals surface area contributed by atoms with Crippen LogP contribution in [0.3, 0.4) is 0 Å². The second-order valence-corrected chi connectivity index (χ2v) is 5.48. The summed E-state index contributed by atoms with van der Waals surface area (Å²) in [7, 11) is 0. The SMILES string of the molecule is NC(=[NH2+])S[C@@H]1CCN(c2cccc(Cl)c2)C1=O.[Br-]. The molecule has 2 rings (SSSR count). The molecule has 4 nitrogen and oxygen atoms in total. The molecule has 1 aliphatic heterocycles. The van der Waals surface area contributed by atoms with E-state index in [0.717, 1.165) is 12.1 Å². The number of anilines is 1. The lowest BCUT2D eigenvalue weighted by Gasteiger charge is -2.16. The molecule has 4 N–H and O–H groups in total. The van der Waals surface area contributed by atoms with Crippen molar-refractivity contribution in [3.63, 3.8) is 0 Å². The molecule has 1 heterocycles. The summed E-state index contributed by atoms with van der Waals surface area (Å²) in [5.74, 6) is 0.0330. The summed E-state index contributed by atoms with van der Waals surface area (Å²) in [5, 5.41) is 6.08. The minimum absolute atomic E-state index is 0. The predicted octanol–water partition coefficient (Wildman–Crippen LogP) is -2.74. The number of nitrogens with zero attached hydrogens (tertiary/aromatic N) is 1. The second kappa shape index (κ2) is 6.45. The molecule has 0 aliphatic carbocycles. The first-order chi connectivity index (χ1) is 8.08. The largest absolute Gasteiger partial charge is 1.00 e. The molecule has 18 heavy (non-hydrogen) atoms. The number of thioether (sulfide) groups is 1. The molecule has 7 heteroatoms. The molecule has 0 unspecified atom stereocenters. The van der Waals surface area contributed by atoms with Crippen molar-refractivity contribution in [1.29, 1.82) is 0 Å². The average Bonchev–Trinajstić information content (AvgIpc) is 2.60. The van der Waals surface area contributed by atoms with Crippen molar-refractivity contribution < 1.29 is 27.2 Å². The second-order valence-electron chi connectivity index (χ2n) is 3.77. The molecule has 1 atom stereocenters. The van der Waals surface area contributed by atoms with Crippen LogP contribution in [0, 0.1) is 0 Å². The number of hydrogen-bond acceptors (Lipinski definition) is 2. The van der Waals surface area contributed by atoms with Gasteiger partial charge in [-0.15, -0.1) is 0 Å². The molecule has 1 fully saturated rings. The van der Waals surface area contributed by atoms with Crippen molar-refractivity contribution >= 4 is 40.1 Å². The third kappa shape index (κ3) is 3.40. The van der Waals surface area contributed by atoms with Gasteiger partial charge in [-0.05, 0) is 36.4 Å². The van der Waals surface area contributed by atoms with Crippen molar-refractivity contribution in [2.45, 2.75) is 11.7 Å². The van der Waals surface area contributed by atoms with Gasteiger partial charge in [-0.3, -0.25) is 15.9 Å². The van der Waals surface area contributed by atoms with Gasteiger partial charge in [0.05, 0.1) is 5.25 Å². The van der Waals surface area contributed by atoms with Gasteiger partial charge in [0.1, 0.15) is 0 Å². The van der Waals surface area contributed by atoms with Gasteiger partial charge in [-0.1, -0.05) is 17.7 Å². The molecule has 0 saturated carbocycles. The molecular formula is C11H13BrClN3OS. The van der Waals surface area contributed by atoms with E-state index in [2.05, 4.69) is 0 Å². The van der Waals surface area contributed by atoms with E-state index in [9.17, 15) is 4.79 Å². The molecule has 1 saturated heterocycles. The zero-order chi connectivity index (χ0) is 12.4. The van der Waals surface area contributed by atoms with E-state index in [1.165, 1.54) is 11.8 Å². The monoisotopic (exact) mass is 349 g/mol. The van der Waals surface area contributed by atoms with Crippen LogP contribution in [0.1, 0.15) is 6.42 Å². The minimum Gasteiger partial charge on any atom is -1.00 e. The highest BCUT2D eigenvalue weighted by atomic mass is 79.9. The zero-order valence-corrected chi connectivity index (χ0v) is 12.6. The lowest BCUT2D eigenvalue weighted by Crippen LogP contribution is -3.00. The standard InChI is InChI=1S/C11H12ClN3OS.BrH/c12-7-2-1-3-8(6-7)15-5-4-9(10(15)16)17-11(13)14;/h1-3,6,9H,4-5H2,(H3,13,14);1H/t9-;/m1./s1. The lowest BCUT2D eigenvalue weighted by atomic mass is 10.3. The van der Waals surface area contributed by atoms with Crippen LogP contribution >= 0.6 is 23.4 Å². The maximum atomic E-state index is 12.1. The first-order valence-electron chi connectivity index (χ1n) is 5.19. The van der Waals surface area contributed by atoms with Crippen LogP contribution in [0.5, 0.6) is 0 Å². The number of carbonyl (C=O) groups is 1. The molecule has 0 bridgehead atoms. The number of nitrogens with two attached hydrogens (primary N) is 2. The maximum Gasteiger partial charge on any atom is 0.300 e. The normalized spacial score (nSPS) is 18.6. The molecule has 1 amide bonds. The van der Waals surface area contributed by atoms with Crippen LogP contribution in [0.2, 0.25) is 5.02 Å². The first kappa shape index (κ1) is 15.3. The number of hydrogen-bond donors (Lipinski definition) is 2. The number of carbonyl (C=O) groups excluding carboxylic acids is 1.